The second-order valence-electron chi connectivity index (χ2n) is 2.09. The fourth-order valence-corrected chi connectivity index (χ4v) is 0.917. The Labute approximate surface area is 66.5 Å². The highest BCUT2D eigenvalue weighted by molar-refractivity contribution is 7.17. The van der Waals surface area contributed by atoms with Crippen LogP contribution in [0.25, 0.3) is 0 Å². The Morgan fingerprint density at radius 1 is 1.36 bits per heavy atom. The molecule has 2 N–H and O–H groups in total. The molecule has 0 saturated carbocycles. The van der Waals surface area contributed by atoms with Crippen molar-refractivity contribution >= 4 is 14.4 Å². The minimum atomic E-state index is -0.291. The molecular formula is C7H8NO2P. The predicted molar refractivity (Wildman–Crippen MR) is 43.2 cm³/mol. The van der Waals surface area contributed by atoms with Gasteiger partial charge in [-0.3, -0.25) is 4.52 Å². The molecule has 0 atom stereocenters. The first-order chi connectivity index (χ1) is 5.33. The number of hydrogen-bond acceptors (Lipinski definition) is 3. The zero-order valence-electron chi connectivity index (χ0n) is 5.86. The molecule has 0 aromatic heterocycles. The van der Waals surface area contributed by atoms with Gasteiger partial charge in [0.05, 0.1) is 6.61 Å². The molecule has 1 aromatic rings. The molecule has 0 unspecified atom stereocenters. The highest BCUT2D eigenvalue weighted by Crippen LogP contribution is 2.08. The van der Waals surface area contributed by atoms with E-state index in [0.29, 0.717) is 12.3 Å². The van der Waals surface area contributed by atoms with Crippen LogP contribution in [-0.2, 0) is 15.7 Å². The van der Waals surface area contributed by atoms with Crippen LogP contribution in [0.3, 0.4) is 0 Å². The summed E-state index contributed by atoms with van der Waals surface area (Å²) >= 11 is 0. The molecule has 4 heteroatoms. The fraction of sp³-hybridized carbons (Fsp3) is 0.143. The van der Waals surface area contributed by atoms with Gasteiger partial charge in [0.1, 0.15) is 0 Å². The maximum absolute atomic E-state index is 9.90. The lowest BCUT2D eigenvalue weighted by atomic mass is 10.2. The van der Waals surface area contributed by atoms with Gasteiger partial charge < -0.3 is 5.73 Å². The molecule has 11 heavy (non-hydrogen) atoms. The normalized spacial score (nSPS) is 10.2. The SMILES string of the molecule is Nc1ccc(COP=O)cc1. The van der Waals surface area contributed by atoms with Crippen molar-refractivity contribution in [3.05, 3.63) is 29.8 Å². The first kappa shape index (κ1) is 8.18. The third kappa shape index (κ3) is 2.66. The summed E-state index contributed by atoms with van der Waals surface area (Å²) in [6, 6.07) is 7.22. The molecule has 0 aliphatic rings. The Kier molecular flexibility index (Phi) is 3.02. The second kappa shape index (κ2) is 4.06. The first-order valence-electron chi connectivity index (χ1n) is 3.12. The monoisotopic (exact) mass is 169 g/mol. The first-order valence-corrected chi connectivity index (χ1v) is 3.85. The zero-order chi connectivity index (χ0) is 8.10. The van der Waals surface area contributed by atoms with Crippen LogP contribution in [0.4, 0.5) is 5.69 Å². The third-order valence-electron chi connectivity index (χ3n) is 1.26. The van der Waals surface area contributed by atoms with Gasteiger partial charge in [-0.25, -0.2) is 4.57 Å². The molecule has 0 aliphatic heterocycles. The lowest BCUT2D eigenvalue weighted by Gasteiger charge is -1.96. The van der Waals surface area contributed by atoms with E-state index in [1.165, 1.54) is 0 Å². The highest BCUT2D eigenvalue weighted by atomic mass is 31.1. The number of nitrogen functional groups attached to an aromatic ring is 1. The van der Waals surface area contributed by atoms with Gasteiger partial charge in [0, 0.05) is 5.69 Å². The maximum Gasteiger partial charge on any atom is 0.327 e. The van der Waals surface area contributed by atoms with Crippen molar-refractivity contribution in [3.8, 4) is 0 Å². The number of anilines is 1. The van der Waals surface area contributed by atoms with Crippen molar-refractivity contribution in [2.75, 3.05) is 5.73 Å². The summed E-state index contributed by atoms with van der Waals surface area (Å²) in [5.41, 5.74) is 7.13. The third-order valence-corrected chi connectivity index (χ3v) is 1.50. The van der Waals surface area contributed by atoms with Crippen LogP contribution in [0.5, 0.6) is 0 Å². The van der Waals surface area contributed by atoms with Gasteiger partial charge in [0.2, 0.25) is 0 Å². The molecule has 58 valence electrons. The van der Waals surface area contributed by atoms with E-state index >= 15 is 0 Å². The van der Waals surface area contributed by atoms with E-state index in [9.17, 15) is 4.57 Å². The van der Waals surface area contributed by atoms with Gasteiger partial charge in [-0.15, -0.1) is 0 Å². The molecule has 3 nitrogen and oxygen atoms in total. The molecule has 0 heterocycles. The molecule has 0 saturated heterocycles. The topological polar surface area (TPSA) is 52.3 Å². The quantitative estimate of drug-likeness (QED) is 0.556. The van der Waals surface area contributed by atoms with Gasteiger partial charge in [-0.2, -0.15) is 0 Å². The number of rotatable bonds is 3. The van der Waals surface area contributed by atoms with Crippen molar-refractivity contribution in [1.29, 1.82) is 0 Å². The summed E-state index contributed by atoms with van der Waals surface area (Å²) in [7, 11) is -0.291. The van der Waals surface area contributed by atoms with Gasteiger partial charge in [-0.05, 0) is 17.7 Å². The van der Waals surface area contributed by atoms with Crippen molar-refractivity contribution in [3.63, 3.8) is 0 Å². The number of nitrogens with two attached hydrogens (primary N) is 1. The van der Waals surface area contributed by atoms with Crippen LogP contribution in [0.2, 0.25) is 0 Å². The van der Waals surface area contributed by atoms with Gasteiger partial charge in [-0.1, -0.05) is 12.1 Å². The van der Waals surface area contributed by atoms with E-state index < -0.39 is 0 Å². The predicted octanol–water partition coefficient (Wildman–Crippen LogP) is 1.99. The van der Waals surface area contributed by atoms with Crippen molar-refractivity contribution in [1.82, 2.24) is 0 Å². The van der Waals surface area contributed by atoms with Crippen LogP contribution >= 0.6 is 8.69 Å². The number of hydrogen-bond donors (Lipinski definition) is 1. The maximum atomic E-state index is 9.90. The van der Waals surface area contributed by atoms with Crippen LogP contribution in [0.15, 0.2) is 24.3 Å². The zero-order valence-corrected chi connectivity index (χ0v) is 6.75. The van der Waals surface area contributed by atoms with E-state index in [1.807, 2.05) is 12.1 Å². The molecular weight excluding hydrogens is 161 g/mol. The fourth-order valence-electron chi connectivity index (χ4n) is 0.715. The van der Waals surface area contributed by atoms with E-state index in [2.05, 4.69) is 4.52 Å². The molecule has 0 bridgehead atoms. The van der Waals surface area contributed by atoms with E-state index in [4.69, 9.17) is 5.73 Å². The average Bonchev–Trinajstić information content (AvgIpc) is 2.04. The van der Waals surface area contributed by atoms with Crippen molar-refractivity contribution < 1.29 is 9.09 Å². The summed E-state index contributed by atoms with van der Waals surface area (Å²) in [4.78, 5) is 0. The number of benzene rings is 1. The Morgan fingerprint density at radius 3 is 2.55 bits per heavy atom. The molecule has 0 fully saturated rings. The summed E-state index contributed by atoms with van der Waals surface area (Å²) in [5, 5.41) is 0. The van der Waals surface area contributed by atoms with Crippen LogP contribution in [-0.4, -0.2) is 0 Å². The van der Waals surface area contributed by atoms with Gasteiger partial charge in [0.15, 0.2) is 0 Å². The van der Waals surface area contributed by atoms with Gasteiger partial charge in [0.25, 0.3) is 0 Å². The van der Waals surface area contributed by atoms with Gasteiger partial charge >= 0.3 is 8.69 Å². The molecule has 1 rings (SSSR count). The van der Waals surface area contributed by atoms with Crippen LogP contribution in [0, 0.1) is 0 Å². The molecule has 0 amide bonds. The molecule has 0 spiro atoms. The lowest BCUT2D eigenvalue weighted by molar-refractivity contribution is 0.332. The summed E-state index contributed by atoms with van der Waals surface area (Å²) in [6.45, 7) is 0.353. The van der Waals surface area contributed by atoms with E-state index in [-0.39, 0.29) is 8.69 Å². The molecule has 1 aromatic carbocycles. The standard InChI is InChI=1S/C7H8NO2P/c8-7-3-1-6(2-4-7)5-10-11-9/h1-4H,5,8H2. The van der Waals surface area contributed by atoms with E-state index in [0.717, 1.165) is 5.56 Å². The summed E-state index contributed by atoms with van der Waals surface area (Å²) in [5.74, 6) is 0. The van der Waals surface area contributed by atoms with Crippen molar-refractivity contribution in [2.24, 2.45) is 0 Å². The summed E-state index contributed by atoms with van der Waals surface area (Å²) < 4.78 is 14.5. The average molecular weight is 169 g/mol. The minimum Gasteiger partial charge on any atom is -0.399 e. The molecule has 0 radical (unpaired) electrons. The molecule has 0 aliphatic carbocycles. The van der Waals surface area contributed by atoms with Crippen molar-refractivity contribution in [2.45, 2.75) is 6.61 Å². The van der Waals surface area contributed by atoms with Crippen LogP contribution in [0.1, 0.15) is 5.56 Å². The van der Waals surface area contributed by atoms with Crippen LogP contribution < -0.4 is 5.73 Å². The lowest BCUT2D eigenvalue weighted by Crippen LogP contribution is -1.86. The Balaban J connectivity index is 2.58. The minimum absolute atomic E-state index is 0.291. The Hall–Kier alpha value is -0.920. The smallest absolute Gasteiger partial charge is 0.327 e. The highest BCUT2D eigenvalue weighted by Gasteiger charge is 1.91. The largest absolute Gasteiger partial charge is 0.399 e. The summed E-state index contributed by atoms with van der Waals surface area (Å²) in [6.07, 6.45) is 0. The Morgan fingerprint density at radius 2 is 2.00 bits per heavy atom. The van der Waals surface area contributed by atoms with E-state index in [1.54, 1.807) is 12.1 Å². The Bertz CT molecular complexity index is 235. The second-order valence-corrected chi connectivity index (χ2v) is 2.50.